The molecule has 1 aromatic heterocycles. The highest BCUT2D eigenvalue weighted by atomic mass is 32.1. The number of carbonyl (C=O) groups is 1. The Bertz CT molecular complexity index is 366. The van der Waals surface area contributed by atoms with Crippen molar-refractivity contribution in [3.63, 3.8) is 0 Å². The number of halogens is 4. The molecule has 0 aliphatic carbocycles. The van der Waals surface area contributed by atoms with E-state index in [2.05, 4.69) is 0 Å². The van der Waals surface area contributed by atoms with E-state index < -0.39 is 24.3 Å². The lowest BCUT2D eigenvalue weighted by Gasteiger charge is -2.20. The van der Waals surface area contributed by atoms with Crippen LogP contribution >= 0.6 is 11.3 Å². The first-order valence-corrected chi connectivity index (χ1v) is 5.77. The molecule has 0 radical (unpaired) electrons. The molecule has 0 saturated heterocycles. The molecule has 0 aliphatic rings. The van der Waals surface area contributed by atoms with Crippen LogP contribution in [0.15, 0.2) is 17.5 Å². The lowest BCUT2D eigenvalue weighted by atomic mass is 10.1. The molecule has 1 heterocycles. The van der Waals surface area contributed by atoms with Crippen molar-refractivity contribution < 1.29 is 22.4 Å². The van der Waals surface area contributed by atoms with Gasteiger partial charge in [-0.2, -0.15) is 8.78 Å². The molecule has 1 amide bonds. The molecule has 7 heteroatoms. The Morgan fingerprint density at radius 2 is 2.18 bits per heavy atom. The van der Waals surface area contributed by atoms with E-state index in [1.54, 1.807) is 24.4 Å². The molecule has 1 aromatic rings. The van der Waals surface area contributed by atoms with Gasteiger partial charge in [0, 0.05) is 4.88 Å². The fraction of sp³-hybridized carbons (Fsp3) is 0.500. The summed E-state index contributed by atoms with van der Waals surface area (Å²) in [6.45, 7) is 1.67. The topological polar surface area (TPSA) is 29.1 Å². The van der Waals surface area contributed by atoms with Crippen molar-refractivity contribution in [2.75, 3.05) is 0 Å². The summed E-state index contributed by atoms with van der Waals surface area (Å²) in [5, 5.41) is 3.65. The number of thiophene rings is 1. The molecule has 1 unspecified atom stereocenters. The second-order valence-corrected chi connectivity index (χ2v) is 4.35. The second kappa shape index (κ2) is 5.48. The molecule has 17 heavy (non-hydrogen) atoms. The lowest BCUT2D eigenvalue weighted by molar-refractivity contribution is -0.170. The number of hydrogen-bond donors (Lipinski definition) is 1. The van der Waals surface area contributed by atoms with Gasteiger partial charge in [-0.15, -0.1) is 11.3 Å². The summed E-state index contributed by atoms with van der Waals surface area (Å²) in [5.74, 6) is -6.59. The highest BCUT2D eigenvalue weighted by molar-refractivity contribution is 7.10. The molecule has 96 valence electrons. The summed E-state index contributed by atoms with van der Waals surface area (Å²) in [4.78, 5) is 11.7. The molecule has 0 aromatic carbocycles. The summed E-state index contributed by atoms with van der Waals surface area (Å²) in [6.07, 6.45) is -3.64. The molecule has 1 rings (SSSR count). The maximum Gasteiger partial charge on any atom is 0.383 e. The molecule has 2 nitrogen and oxygen atoms in total. The Balaban J connectivity index is 2.73. The SMILES string of the molecule is CCC(NC(=O)C(F)(F)C(F)F)c1cccs1. The second-order valence-electron chi connectivity index (χ2n) is 3.37. The first-order valence-electron chi connectivity index (χ1n) is 4.90. The van der Waals surface area contributed by atoms with Crippen molar-refractivity contribution >= 4 is 17.2 Å². The Hall–Kier alpha value is -1.11. The molecule has 0 bridgehead atoms. The van der Waals surface area contributed by atoms with Crippen LogP contribution < -0.4 is 5.32 Å². The third-order valence-electron chi connectivity index (χ3n) is 2.18. The first-order chi connectivity index (χ1) is 7.89. The molecular weight excluding hydrogens is 258 g/mol. The van der Waals surface area contributed by atoms with Crippen molar-refractivity contribution in [1.29, 1.82) is 0 Å². The normalized spacial score (nSPS) is 13.8. The number of hydrogen-bond acceptors (Lipinski definition) is 2. The molecule has 0 aliphatic heterocycles. The zero-order valence-electron chi connectivity index (χ0n) is 8.92. The van der Waals surface area contributed by atoms with Crippen LogP contribution in [-0.4, -0.2) is 18.3 Å². The largest absolute Gasteiger partial charge is 0.383 e. The van der Waals surface area contributed by atoms with E-state index in [0.29, 0.717) is 11.3 Å². The minimum atomic E-state index is -4.65. The summed E-state index contributed by atoms with van der Waals surface area (Å²) < 4.78 is 49.3. The van der Waals surface area contributed by atoms with Gasteiger partial charge in [0.25, 0.3) is 5.91 Å². The van der Waals surface area contributed by atoms with E-state index in [0.717, 1.165) is 0 Å². The number of carbonyl (C=O) groups excluding carboxylic acids is 1. The van der Waals surface area contributed by atoms with E-state index >= 15 is 0 Å². The average molecular weight is 269 g/mol. The third-order valence-corrected chi connectivity index (χ3v) is 3.16. The van der Waals surface area contributed by atoms with E-state index in [1.807, 2.05) is 5.32 Å². The lowest BCUT2D eigenvalue weighted by Crippen LogP contribution is -2.46. The van der Waals surface area contributed by atoms with Gasteiger partial charge in [0.1, 0.15) is 0 Å². The van der Waals surface area contributed by atoms with E-state index in [1.165, 1.54) is 11.3 Å². The van der Waals surface area contributed by atoms with Crippen LogP contribution in [0.5, 0.6) is 0 Å². The molecule has 0 spiro atoms. The molecule has 1 N–H and O–H groups in total. The van der Waals surface area contributed by atoms with Gasteiger partial charge in [0.2, 0.25) is 0 Å². The van der Waals surface area contributed by atoms with Crippen molar-refractivity contribution in [1.82, 2.24) is 5.32 Å². The van der Waals surface area contributed by atoms with Crippen LogP contribution in [-0.2, 0) is 4.79 Å². The van der Waals surface area contributed by atoms with Gasteiger partial charge in [-0.3, -0.25) is 4.79 Å². The van der Waals surface area contributed by atoms with E-state index in [-0.39, 0.29) is 0 Å². The number of rotatable bonds is 5. The van der Waals surface area contributed by atoms with E-state index in [4.69, 9.17) is 0 Å². The van der Waals surface area contributed by atoms with Crippen LogP contribution in [0.3, 0.4) is 0 Å². The average Bonchev–Trinajstić information content (AvgIpc) is 2.78. The minimum absolute atomic E-state index is 0.353. The minimum Gasteiger partial charge on any atom is -0.343 e. The Kier molecular flexibility index (Phi) is 4.50. The molecular formula is C10H11F4NOS. The summed E-state index contributed by atoms with van der Waals surface area (Å²) in [7, 11) is 0. The van der Waals surface area contributed by atoms with Crippen molar-refractivity contribution in [2.45, 2.75) is 31.7 Å². The maximum absolute atomic E-state index is 12.7. The molecule has 0 saturated carbocycles. The van der Waals surface area contributed by atoms with Crippen molar-refractivity contribution in [3.05, 3.63) is 22.4 Å². The van der Waals surface area contributed by atoms with Crippen LogP contribution in [0.1, 0.15) is 24.3 Å². The van der Waals surface area contributed by atoms with Gasteiger partial charge < -0.3 is 5.32 Å². The smallest absolute Gasteiger partial charge is 0.343 e. The van der Waals surface area contributed by atoms with E-state index in [9.17, 15) is 22.4 Å². The number of amides is 1. The van der Waals surface area contributed by atoms with Crippen LogP contribution in [0, 0.1) is 0 Å². The quantitative estimate of drug-likeness (QED) is 0.817. The fourth-order valence-electron chi connectivity index (χ4n) is 1.22. The zero-order valence-corrected chi connectivity index (χ0v) is 9.74. The Labute approximate surface area is 99.6 Å². The Morgan fingerprint density at radius 3 is 2.59 bits per heavy atom. The third kappa shape index (κ3) is 3.18. The molecule has 0 fully saturated rings. The predicted octanol–water partition coefficient (Wildman–Crippen LogP) is 3.22. The van der Waals surface area contributed by atoms with Gasteiger partial charge in [-0.1, -0.05) is 13.0 Å². The highest BCUT2D eigenvalue weighted by Crippen LogP contribution is 2.26. The zero-order chi connectivity index (χ0) is 13.1. The number of nitrogens with one attached hydrogen (secondary N) is 1. The number of alkyl halides is 4. The first kappa shape index (κ1) is 14.0. The summed E-state index contributed by atoms with van der Waals surface area (Å²) in [6, 6.07) is 2.69. The summed E-state index contributed by atoms with van der Waals surface area (Å²) in [5.41, 5.74) is 0. The Morgan fingerprint density at radius 1 is 1.53 bits per heavy atom. The van der Waals surface area contributed by atoms with Crippen LogP contribution in [0.4, 0.5) is 17.6 Å². The highest BCUT2D eigenvalue weighted by Gasteiger charge is 2.49. The monoisotopic (exact) mass is 269 g/mol. The maximum atomic E-state index is 12.7. The standard InChI is InChI=1S/C10H11F4NOS/c1-2-6(7-4-3-5-17-7)15-9(16)10(13,14)8(11)12/h3-6,8H,2H2,1H3,(H,15,16). The fourth-order valence-corrected chi connectivity index (χ4v) is 2.08. The van der Waals surface area contributed by atoms with Gasteiger partial charge in [0.15, 0.2) is 0 Å². The predicted molar refractivity (Wildman–Crippen MR) is 56.4 cm³/mol. The van der Waals surface area contributed by atoms with Gasteiger partial charge in [-0.05, 0) is 17.9 Å². The molecule has 1 atom stereocenters. The van der Waals surface area contributed by atoms with Gasteiger partial charge in [0.05, 0.1) is 6.04 Å². The van der Waals surface area contributed by atoms with Gasteiger partial charge in [-0.25, -0.2) is 8.78 Å². The van der Waals surface area contributed by atoms with Crippen molar-refractivity contribution in [3.8, 4) is 0 Å². The summed E-state index contributed by atoms with van der Waals surface area (Å²) >= 11 is 1.27. The van der Waals surface area contributed by atoms with Crippen LogP contribution in [0.2, 0.25) is 0 Å². The van der Waals surface area contributed by atoms with Gasteiger partial charge >= 0.3 is 12.3 Å². The van der Waals surface area contributed by atoms with Crippen molar-refractivity contribution in [2.24, 2.45) is 0 Å². The van der Waals surface area contributed by atoms with Crippen LogP contribution in [0.25, 0.3) is 0 Å².